The maximum absolute atomic E-state index is 13.1. The van der Waals surface area contributed by atoms with E-state index in [2.05, 4.69) is 20.9 Å². The van der Waals surface area contributed by atoms with Gasteiger partial charge in [-0.3, -0.25) is 5.41 Å². The fourth-order valence-corrected chi connectivity index (χ4v) is 2.02. The third-order valence-electron chi connectivity index (χ3n) is 2.85. The van der Waals surface area contributed by atoms with Crippen LogP contribution in [0.4, 0.5) is 19.0 Å². The Labute approximate surface area is 123 Å². The molecule has 4 nitrogen and oxygen atoms in total. The van der Waals surface area contributed by atoms with Crippen LogP contribution in [0.3, 0.4) is 0 Å². The average molecular weight is 353 g/mol. The van der Waals surface area contributed by atoms with Crippen LogP contribution < -0.4 is 10.6 Å². The highest BCUT2D eigenvalue weighted by Gasteiger charge is 2.36. The zero-order valence-corrected chi connectivity index (χ0v) is 12.7. The lowest BCUT2D eigenvalue weighted by Gasteiger charge is -2.27. The van der Waals surface area contributed by atoms with Gasteiger partial charge in [-0.15, -0.1) is 0 Å². The first-order chi connectivity index (χ1) is 9.16. The molecule has 20 heavy (non-hydrogen) atoms. The number of nitrogens with two attached hydrogens (primary N) is 1. The number of nitrogens with one attached hydrogen (secondary N) is 1. The monoisotopic (exact) mass is 352 g/mol. The molecule has 0 aliphatic carbocycles. The number of halogens is 4. The second-order valence-corrected chi connectivity index (χ2v) is 5.33. The number of amidine groups is 1. The Morgan fingerprint density at radius 1 is 1.55 bits per heavy atom. The topological polar surface area (TPSA) is 66.0 Å². The van der Waals surface area contributed by atoms with Crippen molar-refractivity contribution in [3.8, 4) is 0 Å². The van der Waals surface area contributed by atoms with Gasteiger partial charge in [0.05, 0.1) is 11.4 Å². The molecule has 0 spiro atoms. The van der Waals surface area contributed by atoms with Gasteiger partial charge < -0.3 is 10.6 Å². The Bertz CT molecular complexity index is 490. The van der Waals surface area contributed by atoms with E-state index in [9.17, 15) is 13.2 Å². The van der Waals surface area contributed by atoms with Gasteiger partial charge in [0.25, 0.3) is 0 Å². The van der Waals surface area contributed by atoms with Crippen molar-refractivity contribution < 1.29 is 13.2 Å². The minimum atomic E-state index is -4.49. The summed E-state index contributed by atoms with van der Waals surface area (Å²) in [6.45, 7) is 3.98. The van der Waals surface area contributed by atoms with E-state index in [0.717, 1.165) is 6.07 Å². The molecule has 1 atom stereocenters. The minimum Gasteiger partial charge on any atom is -0.387 e. The number of rotatable bonds is 5. The van der Waals surface area contributed by atoms with Gasteiger partial charge in [-0.2, -0.15) is 13.2 Å². The predicted molar refractivity (Wildman–Crippen MR) is 75.9 cm³/mol. The lowest BCUT2D eigenvalue weighted by atomic mass is 10.1. The molecule has 8 heteroatoms. The SMILES string of the molecule is CCN(CC(C)C(=N)N)c1ncc(Br)cc1C(F)(F)F. The number of nitrogens with zero attached hydrogens (tertiary/aromatic N) is 2. The van der Waals surface area contributed by atoms with Crippen molar-refractivity contribution in [1.29, 1.82) is 5.41 Å². The zero-order valence-electron chi connectivity index (χ0n) is 11.1. The van der Waals surface area contributed by atoms with Gasteiger partial charge in [-0.25, -0.2) is 4.98 Å². The van der Waals surface area contributed by atoms with Gasteiger partial charge in [-0.1, -0.05) is 6.92 Å². The summed E-state index contributed by atoms with van der Waals surface area (Å²) in [4.78, 5) is 5.35. The summed E-state index contributed by atoms with van der Waals surface area (Å²) in [5.41, 5.74) is 4.57. The van der Waals surface area contributed by atoms with E-state index in [1.54, 1.807) is 13.8 Å². The van der Waals surface area contributed by atoms with Gasteiger partial charge in [0.15, 0.2) is 0 Å². The number of hydrogen-bond acceptors (Lipinski definition) is 3. The summed E-state index contributed by atoms with van der Waals surface area (Å²) in [5, 5.41) is 7.34. The van der Waals surface area contributed by atoms with Crippen molar-refractivity contribution in [2.24, 2.45) is 11.7 Å². The average Bonchev–Trinajstić information content (AvgIpc) is 2.34. The molecule has 1 aromatic rings. The first kappa shape index (κ1) is 16.7. The molecule has 0 saturated carbocycles. The highest BCUT2D eigenvalue weighted by atomic mass is 79.9. The quantitative estimate of drug-likeness (QED) is 0.631. The van der Waals surface area contributed by atoms with Crippen molar-refractivity contribution in [1.82, 2.24) is 4.98 Å². The first-order valence-electron chi connectivity index (χ1n) is 5.98. The van der Waals surface area contributed by atoms with Crippen LogP contribution in [0.5, 0.6) is 0 Å². The predicted octanol–water partition coefficient (Wildman–Crippen LogP) is 3.26. The third kappa shape index (κ3) is 4.09. The van der Waals surface area contributed by atoms with Crippen molar-refractivity contribution in [3.05, 3.63) is 22.3 Å². The molecule has 0 fully saturated rings. The summed E-state index contributed by atoms with van der Waals surface area (Å²) < 4.78 is 39.5. The normalized spacial score (nSPS) is 13.1. The number of anilines is 1. The lowest BCUT2D eigenvalue weighted by Crippen LogP contribution is -2.36. The van der Waals surface area contributed by atoms with Crippen LogP contribution in [-0.4, -0.2) is 23.9 Å². The van der Waals surface area contributed by atoms with E-state index < -0.39 is 11.7 Å². The molecule has 0 aliphatic heterocycles. The molecule has 0 aliphatic rings. The van der Waals surface area contributed by atoms with Crippen LogP contribution in [0.2, 0.25) is 0 Å². The lowest BCUT2D eigenvalue weighted by molar-refractivity contribution is -0.137. The molecular weight excluding hydrogens is 337 g/mol. The Morgan fingerprint density at radius 2 is 2.15 bits per heavy atom. The molecule has 0 bridgehead atoms. The van der Waals surface area contributed by atoms with E-state index in [1.807, 2.05) is 0 Å². The fraction of sp³-hybridized carbons (Fsp3) is 0.500. The second-order valence-electron chi connectivity index (χ2n) is 4.42. The van der Waals surface area contributed by atoms with E-state index in [4.69, 9.17) is 11.1 Å². The molecule has 1 unspecified atom stereocenters. The smallest absolute Gasteiger partial charge is 0.387 e. The largest absolute Gasteiger partial charge is 0.419 e. The van der Waals surface area contributed by atoms with E-state index in [0.29, 0.717) is 6.54 Å². The number of alkyl halides is 3. The van der Waals surface area contributed by atoms with Gasteiger partial charge >= 0.3 is 6.18 Å². The molecule has 112 valence electrons. The molecular formula is C12H16BrF3N4. The van der Waals surface area contributed by atoms with Crippen LogP contribution >= 0.6 is 15.9 Å². The van der Waals surface area contributed by atoms with Gasteiger partial charge in [0, 0.05) is 29.7 Å². The zero-order chi connectivity index (χ0) is 15.5. The van der Waals surface area contributed by atoms with E-state index in [-0.39, 0.29) is 28.6 Å². The third-order valence-corrected chi connectivity index (χ3v) is 3.28. The van der Waals surface area contributed by atoms with Crippen LogP contribution in [0.25, 0.3) is 0 Å². The molecule has 1 aromatic heterocycles. The molecule has 0 saturated heterocycles. The Balaban J connectivity index is 3.18. The summed E-state index contributed by atoms with van der Waals surface area (Å²) >= 11 is 3.00. The van der Waals surface area contributed by atoms with Crippen LogP contribution in [0.15, 0.2) is 16.7 Å². The molecule has 0 aromatic carbocycles. The molecule has 0 radical (unpaired) electrons. The molecule has 1 rings (SSSR count). The van der Waals surface area contributed by atoms with Gasteiger partial charge in [-0.05, 0) is 28.9 Å². The van der Waals surface area contributed by atoms with Crippen molar-refractivity contribution in [2.75, 3.05) is 18.0 Å². The van der Waals surface area contributed by atoms with Gasteiger partial charge in [0.1, 0.15) is 5.82 Å². The Kier molecular flexibility index (Phi) is 5.38. The first-order valence-corrected chi connectivity index (χ1v) is 6.77. The fourth-order valence-electron chi connectivity index (χ4n) is 1.69. The highest BCUT2D eigenvalue weighted by molar-refractivity contribution is 9.10. The Morgan fingerprint density at radius 3 is 2.60 bits per heavy atom. The van der Waals surface area contributed by atoms with Crippen LogP contribution in [-0.2, 0) is 6.18 Å². The van der Waals surface area contributed by atoms with Gasteiger partial charge in [0.2, 0.25) is 0 Å². The van der Waals surface area contributed by atoms with Crippen molar-refractivity contribution in [3.63, 3.8) is 0 Å². The standard InChI is InChI=1S/C12H16BrF3N4/c1-3-20(6-7(2)10(17)18)11-9(12(14,15)16)4-8(13)5-19-11/h4-5,7H,3,6H2,1-2H3,(H3,17,18). The maximum atomic E-state index is 13.1. The minimum absolute atomic E-state index is 0.0610. The van der Waals surface area contributed by atoms with E-state index in [1.165, 1.54) is 11.1 Å². The summed E-state index contributed by atoms with van der Waals surface area (Å²) in [7, 11) is 0. The maximum Gasteiger partial charge on any atom is 0.419 e. The number of aromatic nitrogens is 1. The molecule has 3 N–H and O–H groups in total. The van der Waals surface area contributed by atoms with Crippen LogP contribution in [0.1, 0.15) is 19.4 Å². The summed E-state index contributed by atoms with van der Waals surface area (Å²) in [6.07, 6.45) is -3.16. The highest BCUT2D eigenvalue weighted by Crippen LogP contribution is 2.37. The summed E-state index contributed by atoms with van der Waals surface area (Å²) in [6, 6.07) is 1.00. The van der Waals surface area contributed by atoms with E-state index >= 15 is 0 Å². The number of hydrogen-bond donors (Lipinski definition) is 2. The summed E-state index contributed by atoms with van der Waals surface area (Å²) in [5.74, 6) is -0.549. The van der Waals surface area contributed by atoms with Crippen LogP contribution in [0, 0.1) is 11.3 Å². The van der Waals surface area contributed by atoms with Crippen molar-refractivity contribution in [2.45, 2.75) is 20.0 Å². The molecule has 0 amide bonds. The number of pyridine rings is 1. The Hall–Kier alpha value is -1.31. The molecule has 1 heterocycles. The van der Waals surface area contributed by atoms with Crippen molar-refractivity contribution >= 4 is 27.6 Å². The second kappa shape index (κ2) is 6.43.